The van der Waals surface area contributed by atoms with Gasteiger partial charge in [0, 0.05) is 6.92 Å². The molecule has 0 unspecified atom stereocenters. The molecule has 21 heavy (non-hydrogen) atoms. The molecule has 0 fully saturated rings. The molecule has 1 aromatic heterocycles. The van der Waals surface area contributed by atoms with Crippen LogP contribution in [0, 0.1) is 5.92 Å². The molecule has 1 aromatic carbocycles. The maximum absolute atomic E-state index is 12.7. The summed E-state index contributed by atoms with van der Waals surface area (Å²) in [6.45, 7) is 1.78. The molecule has 0 saturated carbocycles. The molecule has 0 aliphatic carbocycles. The lowest BCUT2D eigenvalue weighted by molar-refractivity contribution is -0.128. The van der Waals surface area contributed by atoms with Crippen molar-refractivity contribution in [3.05, 3.63) is 58.3 Å². The number of hydrogen-bond donors (Lipinski definition) is 0. The second-order valence-corrected chi connectivity index (χ2v) is 5.79. The van der Waals surface area contributed by atoms with E-state index in [0.29, 0.717) is 17.1 Å². The van der Waals surface area contributed by atoms with Gasteiger partial charge in [-0.2, -0.15) is 5.10 Å². The van der Waals surface area contributed by atoms with Crippen LogP contribution in [0.25, 0.3) is 0 Å². The summed E-state index contributed by atoms with van der Waals surface area (Å²) < 4.78 is 0. The number of hydrazone groups is 1. The first-order valence-electron chi connectivity index (χ1n) is 6.66. The van der Waals surface area contributed by atoms with Crippen molar-refractivity contribution in [2.75, 3.05) is 6.54 Å². The van der Waals surface area contributed by atoms with Crippen LogP contribution in [0.15, 0.2) is 52.9 Å². The minimum Gasteiger partial charge on any atom is -0.292 e. The van der Waals surface area contributed by atoms with E-state index in [2.05, 4.69) is 5.10 Å². The van der Waals surface area contributed by atoms with E-state index in [1.54, 1.807) is 0 Å². The van der Waals surface area contributed by atoms with Gasteiger partial charge in [-0.05, 0) is 17.0 Å². The zero-order valence-electron chi connectivity index (χ0n) is 11.5. The first-order valence-corrected chi connectivity index (χ1v) is 7.54. The van der Waals surface area contributed by atoms with Crippen molar-refractivity contribution in [2.24, 2.45) is 11.0 Å². The van der Waals surface area contributed by atoms with Crippen molar-refractivity contribution in [3.8, 4) is 0 Å². The van der Waals surface area contributed by atoms with Crippen molar-refractivity contribution >= 4 is 28.7 Å². The molecule has 4 nitrogen and oxygen atoms in total. The van der Waals surface area contributed by atoms with Crippen molar-refractivity contribution < 1.29 is 9.59 Å². The Morgan fingerprint density at radius 2 is 1.95 bits per heavy atom. The van der Waals surface area contributed by atoms with E-state index in [1.165, 1.54) is 23.3 Å². The molecule has 1 amide bonds. The van der Waals surface area contributed by atoms with Crippen molar-refractivity contribution in [1.82, 2.24) is 5.01 Å². The number of Topliss-reactive ketones (excluding diaryl/α,β-unsaturated/α-hetero) is 1. The SMILES string of the molecule is CC(=O)N1C[C@@H](C(=O)c2cccs2)C(c2ccccc2)=N1. The van der Waals surface area contributed by atoms with E-state index >= 15 is 0 Å². The van der Waals surface area contributed by atoms with Gasteiger partial charge in [0.1, 0.15) is 0 Å². The summed E-state index contributed by atoms with van der Waals surface area (Å²) in [5.74, 6) is -0.517. The number of rotatable bonds is 3. The third-order valence-corrected chi connectivity index (χ3v) is 4.31. The average Bonchev–Trinajstić information content (AvgIpc) is 3.17. The van der Waals surface area contributed by atoms with Crippen LogP contribution in [0.4, 0.5) is 0 Å². The van der Waals surface area contributed by atoms with Crippen LogP contribution in [0.5, 0.6) is 0 Å². The fourth-order valence-corrected chi connectivity index (χ4v) is 3.08. The van der Waals surface area contributed by atoms with Crippen LogP contribution in [0.3, 0.4) is 0 Å². The van der Waals surface area contributed by atoms with Crippen LogP contribution in [-0.4, -0.2) is 29.0 Å². The minimum absolute atomic E-state index is 0.0244. The van der Waals surface area contributed by atoms with Crippen molar-refractivity contribution in [3.63, 3.8) is 0 Å². The minimum atomic E-state index is -0.394. The molecule has 0 saturated heterocycles. The molecule has 2 heterocycles. The maximum atomic E-state index is 12.7. The van der Waals surface area contributed by atoms with Gasteiger partial charge < -0.3 is 0 Å². The van der Waals surface area contributed by atoms with Crippen LogP contribution in [0.1, 0.15) is 22.2 Å². The summed E-state index contributed by atoms with van der Waals surface area (Å²) in [4.78, 5) is 24.9. The summed E-state index contributed by atoms with van der Waals surface area (Å²) in [6.07, 6.45) is 0. The average molecular weight is 298 g/mol. The summed E-state index contributed by atoms with van der Waals surface area (Å²) in [6, 6.07) is 13.2. The second-order valence-electron chi connectivity index (χ2n) is 4.85. The lowest BCUT2D eigenvalue weighted by atomic mass is 9.93. The number of benzene rings is 1. The molecule has 1 aliphatic heterocycles. The van der Waals surface area contributed by atoms with Gasteiger partial charge in [-0.15, -0.1) is 11.3 Å². The van der Waals surface area contributed by atoms with Gasteiger partial charge in [0.2, 0.25) is 5.91 Å². The van der Waals surface area contributed by atoms with Crippen LogP contribution in [-0.2, 0) is 4.79 Å². The van der Waals surface area contributed by atoms with Gasteiger partial charge in [-0.1, -0.05) is 36.4 Å². The quantitative estimate of drug-likeness (QED) is 0.818. The Bertz CT molecular complexity index is 692. The van der Waals surface area contributed by atoms with Gasteiger partial charge in [0.25, 0.3) is 0 Å². The topological polar surface area (TPSA) is 49.7 Å². The Hall–Kier alpha value is -2.27. The lowest BCUT2D eigenvalue weighted by Gasteiger charge is -2.11. The number of carbonyl (C=O) groups is 2. The Labute approximate surface area is 126 Å². The fraction of sp³-hybridized carbons (Fsp3) is 0.188. The number of ketones is 1. The zero-order valence-corrected chi connectivity index (χ0v) is 12.3. The first kappa shape index (κ1) is 13.7. The zero-order chi connectivity index (χ0) is 14.8. The number of amides is 1. The molecule has 0 spiro atoms. The molecule has 0 radical (unpaired) electrons. The standard InChI is InChI=1S/C16H14N2O2S/c1-11(19)18-10-13(16(20)14-8-5-9-21-14)15(17-18)12-6-3-2-4-7-12/h2-9,13H,10H2,1H3/t13-/m1/s1. The summed E-state index contributed by atoms with van der Waals surface area (Å²) >= 11 is 1.42. The summed E-state index contributed by atoms with van der Waals surface area (Å²) in [7, 11) is 0. The van der Waals surface area contributed by atoms with Gasteiger partial charge in [0.05, 0.1) is 23.1 Å². The van der Waals surface area contributed by atoms with Gasteiger partial charge >= 0.3 is 0 Å². The molecule has 2 aromatic rings. The van der Waals surface area contributed by atoms with Crippen molar-refractivity contribution in [2.45, 2.75) is 6.92 Å². The monoisotopic (exact) mass is 298 g/mol. The van der Waals surface area contributed by atoms with E-state index in [1.807, 2.05) is 47.8 Å². The molecule has 5 heteroatoms. The third-order valence-electron chi connectivity index (χ3n) is 3.43. The largest absolute Gasteiger partial charge is 0.292 e. The highest BCUT2D eigenvalue weighted by molar-refractivity contribution is 7.12. The summed E-state index contributed by atoms with van der Waals surface area (Å²) in [5, 5.41) is 7.61. The van der Waals surface area contributed by atoms with E-state index in [4.69, 9.17) is 0 Å². The van der Waals surface area contributed by atoms with E-state index in [9.17, 15) is 9.59 Å². The predicted molar refractivity (Wildman–Crippen MR) is 82.5 cm³/mol. The first-order chi connectivity index (χ1) is 10.2. The van der Waals surface area contributed by atoms with Crippen LogP contribution >= 0.6 is 11.3 Å². The van der Waals surface area contributed by atoms with Gasteiger partial charge in [0.15, 0.2) is 5.78 Å². The van der Waals surface area contributed by atoms with E-state index in [-0.39, 0.29) is 11.7 Å². The Morgan fingerprint density at radius 1 is 1.19 bits per heavy atom. The number of carbonyl (C=O) groups excluding carboxylic acids is 2. The van der Waals surface area contributed by atoms with Gasteiger partial charge in [-0.3, -0.25) is 9.59 Å². The molecular formula is C16H14N2O2S. The third kappa shape index (κ3) is 2.64. The van der Waals surface area contributed by atoms with Crippen LogP contribution in [0.2, 0.25) is 0 Å². The summed E-state index contributed by atoms with van der Waals surface area (Å²) in [5.41, 5.74) is 1.56. The van der Waals surface area contributed by atoms with E-state index < -0.39 is 5.92 Å². The highest BCUT2D eigenvalue weighted by Gasteiger charge is 2.35. The Kier molecular flexibility index (Phi) is 3.66. The van der Waals surface area contributed by atoms with E-state index in [0.717, 1.165) is 5.56 Å². The Morgan fingerprint density at radius 3 is 2.57 bits per heavy atom. The normalized spacial score (nSPS) is 17.7. The number of thiophene rings is 1. The molecule has 1 atom stereocenters. The molecule has 1 aliphatic rings. The fourth-order valence-electron chi connectivity index (χ4n) is 2.36. The van der Waals surface area contributed by atoms with Gasteiger partial charge in [-0.25, -0.2) is 5.01 Å². The second kappa shape index (κ2) is 5.61. The maximum Gasteiger partial charge on any atom is 0.239 e. The Balaban J connectivity index is 1.98. The smallest absolute Gasteiger partial charge is 0.239 e. The number of hydrogen-bond acceptors (Lipinski definition) is 4. The molecule has 0 bridgehead atoms. The van der Waals surface area contributed by atoms with Crippen LogP contribution < -0.4 is 0 Å². The molecular weight excluding hydrogens is 284 g/mol. The lowest BCUT2D eigenvalue weighted by Crippen LogP contribution is -2.29. The highest BCUT2D eigenvalue weighted by atomic mass is 32.1. The molecule has 0 N–H and O–H groups in total. The molecule has 106 valence electrons. The molecule has 3 rings (SSSR count). The highest BCUT2D eigenvalue weighted by Crippen LogP contribution is 2.25. The van der Waals surface area contributed by atoms with Crippen molar-refractivity contribution in [1.29, 1.82) is 0 Å². The predicted octanol–water partition coefficient (Wildman–Crippen LogP) is 2.81. The number of nitrogens with zero attached hydrogens (tertiary/aromatic N) is 2.